The van der Waals surface area contributed by atoms with Gasteiger partial charge in [-0.05, 0) is 32.0 Å². The van der Waals surface area contributed by atoms with Crippen LogP contribution in [0.15, 0.2) is 24.3 Å². The first-order chi connectivity index (χ1) is 8.38. The van der Waals surface area contributed by atoms with E-state index in [0.717, 1.165) is 0 Å². The third kappa shape index (κ3) is 5.65. The standard InChI is InChI=1S/C13H18O5/c1-13(2,16)18-8-4-7-17-11-6-3-5-10(9-11)12(14)15/h3,5-6,9,16H,4,7-8H2,1-2H3,(H,14,15). The smallest absolute Gasteiger partial charge is 0.335 e. The van der Waals surface area contributed by atoms with Crippen LogP contribution in [0.25, 0.3) is 0 Å². The molecule has 1 aromatic rings. The molecule has 0 heterocycles. The van der Waals surface area contributed by atoms with E-state index in [1.54, 1.807) is 26.0 Å². The third-order valence-electron chi connectivity index (χ3n) is 2.09. The average molecular weight is 254 g/mol. The van der Waals surface area contributed by atoms with Gasteiger partial charge in [0.1, 0.15) is 5.75 Å². The summed E-state index contributed by atoms with van der Waals surface area (Å²) in [5.74, 6) is -1.60. The molecule has 5 heteroatoms. The Hall–Kier alpha value is -1.59. The molecule has 0 unspecified atom stereocenters. The number of aromatic carboxylic acids is 1. The Morgan fingerprint density at radius 1 is 1.33 bits per heavy atom. The molecule has 0 aliphatic carbocycles. The van der Waals surface area contributed by atoms with E-state index in [1.165, 1.54) is 12.1 Å². The van der Waals surface area contributed by atoms with E-state index < -0.39 is 11.8 Å². The summed E-state index contributed by atoms with van der Waals surface area (Å²) in [6.07, 6.45) is 0.612. The molecule has 0 aliphatic rings. The first-order valence-corrected chi connectivity index (χ1v) is 5.71. The van der Waals surface area contributed by atoms with E-state index in [4.69, 9.17) is 14.6 Å². The molecule has 5 nitrogen and oxygen atoms in total. The average Bonchev–Trinajstić information content (AvgIpc) is 2.27. The summed E-state index contributed by atoms with van der Waals surface area (Å²) in [7, 11) is 0. The SMILES string of the molecule is CC(C)(O)OCCCOc1cccc(C(=O)O)c1. The molecular weight excluding hydrogens is 236 g/mol. The molecule has 0 aliphatic heterocycles. The summed E-state index contributed by atoms with van der Waals surface area (Å²) in [6, 6.07) is 6.31. The fraction of sp³-hybridized carbons (Fsp3) is 0.462. The zero-order valence-electron chi connectivity index (χ0n) is 10.5. The monoisotopic (exact) mass is 254 g/mol. The van der Waals surface area contributed by atoms with Crippen molar-refractivity contribution in [3.05, 3.63) is 29.8 Å². The Morgan fingerprint density at radius 2 is 2.06 bits per heavy atom. The fourth-order valence-corrected chi connectivity index (χ4v) is 1.29. The zero-order chi connectivity index (χ0) is 13.6. The number of carbonyl (C=O) groups is 1. The number of hydrogen-bond acceptors (Lipinski definition) is 4. The van der Waals surface area contributed by atoms with Gasteiger partial charge in [-0.2, -0.15) is 0 Å². The van der Waals surface area contributed by atoms with E-state index in [9.17, 15) is 9.90 Å². The topological polar surface area (TPSA) is 76.0 Å². The highest BCUT2D eigenvalue weighted by Crippen LogP contribution is 2.13. The van der Waals surface area contributed by atoms with Gasteiger partial charge in [0.15, 0.2) is 5.79 Å². The molecule has 1 rings (SSSR count). The van der Waals surface area contributed by atoms with E-state index in [1.807, 2.05) is 0 Å². The fourth-order valence-electron chi connectivity index (χ4n) is 1.29. The molecule has 0 fully saturated rings. The highest BCUT2D eigenvalue weighted by atomic mass is 16.6. The van der Waals surface area contributed by atoms with Crippen LogP contribution in [0.2, 0.25) is 0 Å². The van der Waals surface area contributed by atoms with Crippen molar-refractivity contribution in [3.8, 4) is 5.75 Å². The Morgan fingerprint density at radius 3 is 2.67 bits per heavy atom. The van der Waals surface area contributed by atoms with Gasteiger partial charge in [0.2, 0.25) is 0 Å². The minimum absolute atomic E-state index is 0.195. The maximum atomic E-state index is 10.7. The maximum absolute atomic E-state index is 10.7. The minimum Gasteiger partial charge on any atom is -0.493 e. The van der Waals surface area contributed by atoms with Crippen molar-refractivity contribution in [1.82, 2.24) is 0 Å². The van der Waals surface area contributed by atoms with E-state index >= 15 is 0 Å². The number of carboxylic acids is 1. The number of aliphatic hydroxyl groups is 1. The van der Waals surface area contributed by atoms with Gasteiger partial charge >= 0.3 is 5.97 Å². The number of ether oxygens (including phenoxy) is 2. The highest BCUT2D eigenvalue weighted by Gasteiger charge is 2.11. The lowest BCUT2D eigenvalue weighted by atomic mass is 10.2. The van der Waals surface area contributed by atoms with E-state index in [2.05, 4.69) is 0 Å². The van der Waals surface area contributed by atoms with Crippen LogP contribution in [0.3, 0.4) is 0 Å². The Bertz CT molecular complexity index is 395. The van der Waals surface area contributed by atoms with Crippen molar-refractivity contribution in [3.63, 3.8) is 0 Å². The van der Waals surface area contributed by atoms with Crippen molar-refractivity contribution in [1.29, 1.82) is 0 Å². The van der Waals surface area contributed by atoms with Crippen molar-refractivity contribution in [2.75, 3.05) is 13.2 Å². The van der Waals surface area contributed by atoms with Crippen molar-refractivity contribution in [2.24, 2.45) is 0 Å². The predicted molar refractivity (Wildman–Crippen MR) is 65.8 cm³/mol. The first-order valence-electron chi connectivity index (χ1n) is 5.71. The molecule has 0 atom stereocenters. The van der Waals surface area contributed by atoms with Crippen LogP contribution >= 0.6 is 0 Å². The molecule has 0 bridgehead atoms. The van der Waals surface area contributed by atoms with Crippen LogP contribution in [-0.2, 0) is 4.74 Å². The second kappa shape index (κ2) is 6.37. The lowest BCUT2D eigenvalue weighted by Crippen LogP contribution is -2.24. The van der Waals surface area contributed by atoms with Crippen LogP contribution in [0, 0.1) is 0 Å². The Labute approximate surface area is 106 Å². The number of benzene rings is 1. The van der Waals surface area contributed by atoms with Crippen molar-refractivity contribution >= 4 is 5.97 Å². The van der Waals surface area contributed by atoms with Gasteiger partial charge in [0.05, 0.1) is 18.8 Å². The van der Waals surface area contributed by atoms with Gasteiger partial charge in [-0.3, -0.25) is 0 Å². The van der Waals surface area contributed by atoms with Crippen LogP contribution in [0.4, 0.5) is 0 Å². The number of carboxylic acid groups (broad SMARTS) is 1. The second-order valence-electron chi connectivity index (χ2n) is 4.33. The molecule has 0 saturated heterocycles. The lowest BCUT2D eigenvalue weighted by molar-refractivity contribution is -0.176. The summed E-state index contributed by atoms with van der Waals surface area (Å²) >= 11 is 0. The minimum atomic E-state index is -1.14. The molecule has 2 N–H and O–H groups in total. The van der Waals surface area contributed by atoms with Crippen molar-refractivity contribution < 1.29 is 24.5 Å². The summed E-state index contributed by atoms with van der Waals surface area (Å²) < 4.78 is 10.5. The Kier molecular flexibility index (Phi) is 5.12. The number of hydrogen-bond donors (Lipinski definition) is 2. The van der Waals surface area contributed by atoms with Gasteiger partial charge in [-0.15, -0.1) is 0 Å². The van der Waals surface area contributed by atoms with Crippen LogP contribution in [0.5, 0.6) is 5.75 Å². The molecule has 18 heavy (non-hydrogen) atoms. The Balaban J connectivity index is 2.31. The van der Waals surface area contributed by atoms with Crippen LogP contribution in [-0.4, -0.2) is 35.2 Å². The summed E-state index contributed by atoms with van der Waals surface area (Å²) in [4.78, 5) is 10.7. The van der Waals surface area contributed by atoms with Gasteiger partial charge in [-0.25, -0.2) is 4.79 Å². The zero-order valence-corrected chi connectivity index (χ0v) is 10.5. The maximum Gasteiger partial charge on any atom is 0.335 e. The quantitative estimate of drug-likeness (QED) is 0.574. The molecule has 100 valence electrons. The van der Waals surface area contributed by atoms with Gasteiger partial charge in [0.25, 0.3) is 0 Å². The molecule has 0 aromatic heterocycles. The van der Waals surface area contributed by atoms with Gasteiger partial charge in [0, 0.05) is 6.42 Å². The molecule has 0 spiro atoms. The normalized spacial score (nSPS) is 11.3. The summed E-state index contributed by atoms with van der Waals surface area (Å²) in [6.45, 7) is 3.90. The van der Waals surface area contributed by atoms with E-state index in [0.29, 0.717) is 25.4 Å². The molecular formula is C13H18O5. The van der Waals surface area contributed by atoms with Crippen LogP contribution in [0.1, 0.15) is 30.6 Å². The third-order valence-corrected chi connectivity index (χ3v) is 2.09. The molecule has 0 amide bonds. The van der Waals surface area contributed by atoms with Crippen molar-refractivity contribution in [2.45, 2.75) is 26.1 Å². The largest absolute Gasteiger partial charge is 0.493 e. The van der Waals surface area contributed by atoms with Gasteiger partial charge < -0.3 is 19.7 Å². The van der Waals surface area contributed by atoms with Crippen LogP contribution < -0.4 is 4.74 Å². The molecule has 0 saturated carbocycles. The molecule has 1 aromatic carbocycles. The van der Waals surface area contributed by atoms with Gasteiger partial charge in [-0.1, -0.05) is 6.07 Å². The highest BCUT2D eigenvalue weighted by molar-refractivity contribution is 5.87. The predicted octanol–water partition coefficient (Wildman–Crippen LogP) is 1.90. The molecule has 0 radical (unpaired) electrons. The summed E-state index contributed by atoms with van der Waals surface area (Å²) in [5.41, 5.74) is 0.195. The first kappa shape index (κ1) is 14.5. The van der Waals surface area contributed by atoms with E-state index in [-0.39, 0.29) is 5.56 Å². The summed E-state index contributed by atoms with van der Waals surface area (Å²) in [5, 5.41) is 18.1. The number of rotatable bonds is 7. The second-order valence-corrected chi connectivity index (χ2v) is 4.33. The lowest BCUT2D eigenvalue weighted by Gasteiger charge is -2.17.